The van der Waals surface area contributed by atoms with Crippen LogP contribution in [0, 0.1) is 5.82 Å². The van der Waals surface area contributed by atoms with Gasteiger partial charge in [-0.05, 0) is 43.2 Å². The fraction of sp³-hybridized carbons (Fsp3) is 0.381. The monoisotopic (exact) mass is 340 g/mol. The first-order valence-corrected chi connectivity index (χ1v) is 8.99. The van der Waals surface area contributed by atoms with Gasteiger partial charge in [-0.25, -0.2) is 4.39 Å². The standard InChI is InChI=1S/C21H25FN2O/c1-24(19-8-3-2-4-9-19)21(25)16-11-13-18(14-12-16)23-15-17-7-5-6-10-20(17)22/h5-7,10-14,19,23H,2-4,8-9,15H2,1H3. The first-order chi connectivity index (χ1) is 12.1. The molecule has 0 aliphatic heterocycles. The molecule has 2 aromatic rings. The summed E-state index contributed by atoms with van der Waals surface area (Å²) >= 11 is 0. The van der Waals surface area contributed by atoms with Gasteiger partial charge in [0.1, 0.15) is 5.82 Å². The highest BCUT2D eigenvalue weighted by Crippen LogP contribution is 2.23. The lowest BCUT2D eigenvalue weighted by molar-refractivity contribution is 0.0696. The molecule has 4 heteroatoms. The lowest BCUT2D eigenvalue weighted by Gasteiger charge is -2.31. The predicted octanol–water partition coefficient (Wildman–Crippen LogP) is 4.84. The van der Waals surface area contributed by atoms with Crippen molar-refractivity contribution in [3.8, 4) is 0 Å². The average Bonchev–Trinajstić information content (AvgIpc) is 2.67. The van der Waals surface area contributed by atoms with Crippen molar-refractivity contribution in [2.24, 2.45) is 0 Å². The number of nitrogens with zero attached hydrogens (tertiary/aromatic N) is 1. The smallest absolute Gasteiger partial charge is 0.253 e. The van der Waals surface area contributed by atoms with Crippen molar-refractivity contribution in [2.75, 3.05) is 12.4 Å². The molecule has 1 amide bonds. The average molecular weight is 340 g/mol. The maximum atomic E-state index is 13.6. The summed E-state index contributed by atoms with van der Waals surface area (Å²) in [6.07, 6.45) is 5.90. The first kappa shape index (κ1) is 17.5. The number of anilines is 1. The van der Waals surface area contributed by atoms with Gasteiger partial charge < -0.3 is 10.2 Å². The van der Waals surface area contributed by atoms with Gasteiger partial charge in [-0.2, -0.15) is 0 Å². The molecule has 0 radical (unpaired) electrons. The Labute approximate surface area is 148 Å². The molecule has 3 nitrogen and oxygen atoms in total. The number of benzene rings is 2. The molecule has 0 spiro atoms. The Morgan fingerprint density at radius 2 is 1.76 bits per heavy atom. The van der Waals surface area contributed by atoms with Crippen molar-refractivity contribution in [1.29, 1.82) is 0 Å². The molecule has 0 aromatic heterocycles. The van der Waals surface area contributed by atoms with Crippen LogP contribution < -0.4 is 5.32 Å². The number of hydrogen-bond donors (Lipinski definition) is 1. The van der Waals surface area contributed by atoms with E-state index in [1.807, 2.05) is 42.3 Å². The topological polar surface area (TPSA) is 32.3 Å². The lowest BCUT2D eigenvalue weighted by Crippen LogP contribution is -2.38. The largest absolute Gasteiger partial charge is 0.381 e. The van der Waals surface area contributed by atoms with E-state index in [2.05, 4.69) is 5.32 Å². The third-order valence-electron chi connectivity index (χ3n) is 5.02. The first-order valence-electron chi connectivity index (χ1n) is 8.99. The van der Waals surface area contributed by atoms with Gasteiger partial charge in [0.2, 0.25) is 0 Å². The second-order valence-electron chi connectivity index (χ2n) is 6.73. The van der Waals surface area contributed by atoms with Crippen molar-refractivity contribution < 1.29 is 9.18 Å². The molecule has 1 saturated carbocycles. The van der Waals surface area contributed by atoms with Gasteiger partial charge in [0.15, 0.2) is 0 Å². The highest BCUT2D eigenvalue weighted by Gasteiger charge is 2.22. The minimum absolute atomic E-state index is 0.0764. The van der Waals surface area contributed by atoms with Crippen molar-refractivity contribution in [3.63, 3.8) is 0 Å². The Kier molecular flexibility index (Phi) is 5.69. The van der Waals surface area contributed by atoms with E-state index < -0.39 is 0 Å². The zero-order valence-electron chi connectivity index (χ0n) is 14.7. The fourth-order valence-electron chi connectivity index (χ4n) is 3.41. The van der Waals surface area contributed by atoms with Crippen LogP contribution in [0.25, 0.3) is 0 Å². The predicted molar refractivity (Wildman–Crippen MR) is 99.1 cm³/mol. The van der Waals surface area contributed by atoms with Gasteiger partial charge in [0, 0.05) is 36.4 Å². The highest BCUT2D eigenvalue weighted by molar-refractivity contribution is 5.94. The molecule has 1 aliphatic carbocycles. The Morgan fingerprint density at radius 3 is 2.44 bits per heavy atom. The third-order valence-corrected chi connectivity index (χ3v) is 5.02. The van der Waals surface area contributed by atoms with E-state index in [0.29, 0.717) is 23.7 Å². The fourth-order valence-corrected chi connectivity index (χ4v) is 3.41. The summed E-state index contributed by atoms with van der Waals surface area (Å²) in [7, 11) is 1.91. The molecule has 1 aliphatic rings. The lowest BCUT2D eigenvalue weighted by atomic mass is 9.94. The van der Waals surface area contributed by atoms with E-state index in [0.717, 1.165) is 18.5 Å². The van der Waals surface area contributed by atoms with Crippen LogP contribution in [0.15, 0.2) is 48.5 Å². The molecular formula is C21H25FN2O. The van der Waals surface area contributed by atoms with Crippen LogP contribution in [0.3, 0.4) is 0 Å². The molecule has 2 aromatic carbocycles. The van der Waals surface area contributed by atoms with Gasteiger partial charge >= 0.3 is 0 Å². The summed E-state index contributed by atoms with van der Waals surface area (Å²) in [6, 6.07) is 14.5. The van der Waals surface area contributed by atoms with Crippen molar-refractivity contribution in [1.82, 2.24) is 4.90 Å². The summed E-state index contributed by atoms with van der Waals surface area (Å²) in [5.74, 6) is -0.136. The molecule has 0 saturated heterocycles. The minimum atomic E-state index is -0.212. The van der Waals surface area contributed by atoms with E-state index in [4.69, 9.17) is 0 Å². The van der Waals surface area contributed by atoms with Crippen molar-refractivity contribution in [2.45, 2.75) is 44.7 Å². The van der Waals surface area contributed by atoms with E-state index in [1.54, 1.807) is 12.1 Å². The van der Waals surface area contributed by atoms with E-state index in [-0.39, 0.29) is 11.7 Å². The number of hydrogen-bond acceptors (Lipinski definition) is 2. The van der Waals surface area contributed by atoms with Gasteiger partial charge in [-0.15, -0.1) is 0 Å². The molecular weight excluding hydrogens is 315 g/mol. The molecule has 3 rings (SSSR count). The maximum Gasteiger partial charge on any atom is 0.253 e. The van der Waals surface area contributed by atoms with Crippen LogP contribution >= 0.6 is 0 Å². The van der Waals surface area contributed by atoms with Gasteiger partial charge in [-0.3, -0.25) is 4.79 Å². The van der Waals surface area contributed by atoms with Crippen LogP contribution in [0.2, 0.25) is 0 Å². The van der Waals surface area contributed by atoms with Gasteiger partial charge in [-0.1, -0.05) is 37.5 Å². The number of carbonyl (C=O) groups excluding carboxylic acids is 1. The van der Waals surface area contributed by atoms with Crippen LogP contribution in [0.5, 0.6) is 0 Å². The number of carbonyl (C=O) groups is 1. The maximum absolute atomic E-state index is 13.6. The molecule has 1 fully saturated rings. The zero-order valence-corrected chi connectivity index (χ0v) is 14.7. The number of nitrogens with one attached hydrogen (secondary N) is 1. The van der Waals surface area contributed by atoms with Crippen molar-refractivity contribution >= 4 is 11.6 Å². The molecule has 132 valence electrons. The summed E-state index contributed by atoms with van der Waals surface area (Å²) in [6.45, 7) is 0.419. The number of amides is 1. The van der Waals surface area contributed by atoms with Crippen molar-refractivity contribution in [3.05, 3.63) is 65.5 Å². The van der Waals surface area contributed by atoms with Crippen LogP contribution in [0.1, 0.15) is 48.0 Å². The molecule has 25 heavy (non-hydrogen) atoms. The second kappa shape index (κ2) is 8.15. The zero-order chi connectivity index (χ0) is 17.6. The summed E-state index contributed by atoms with van der Waals surface area (Å²) in [5.41, 5.74) is 2.20. The Balaban J connectivity index is 1.59. The molecule has 0 bridgehead atoms. The molecule has 1 N–H and O–H groups in total. The van der Waals surface area contributed by atoms with E-state index in [1.165, 1.54) is 25.3 Å². The van der Waals surface area contributed by atoms with E-state index >= 15 is 0 Å². The van der Waals surface area contributed by atoms with Crippen LogP contribution in [-0.2, 0) is 6.54 Å². The van der Waals surface area contributed by atoms with Gasteiger partial charge in [0.05, 0.1) is 0 Å². The molecule has 0 heterocycles. The normalized spacial score (nSPS) is 15.0. The summed E-state index contributed by atoms with van der Waals surface area (Å²) in [5, 5.41) is 3.20. The second-order valence-corrected chi connectivity index (χ2v) is 6.73. The van der Waals surface area contributed by atoms with Crippen LogP contribution in [-0.4, -0.2) is 23.9 Å². The highest BCUT2D eigenvalue weighted by atomic mass is 19.1. The molecule has 0 unspecified atom stereocenters. The number of rotatable bonds is 5. The summed E-state index contributed by atoms with van der Waals surface area (Å²) in [4.78, 5) is 14.5. The molecule has 0 atom stereocenters. The number of halogens is 1. The Bertz CT molecular complexity index is 708. The Morgan fingerprint density at radius 1 is 1.08 bits per heavy atom. The van der Waals surface area contributed by atoms with Gasteiger partial charge in [0.25, 0.3) is 5.91 Å². The van der Waals surface area contributed by atoms with Crippen LogP contribution in [0.4, 0.5) is 10.1 Å². The quantitative estimate of drug-likeness (QED) is 0.844. The third kappa shape index (κ3) is 4.38. The Hall–Kier alpha value is -2.36. The minimum Gasteiger partial charge on any atom is -0.381 e. The van der Waals surface area contributed by atoms with E-state index in [9.17, 15) is 9.18 Å². The summed E-state index contributed by atoms with van der Waals surface area (Å²) < 4.78 is 13.6. The SMILES string of the molecule is CN(C(=O)c1ccc(NCc2ccccc2F)cc1)C1CCCCC1.